The Morgan fingerprint density at radius 3 is 2.18 bits per heavy atom. The van der Waals surface area contributed by atoms with E-state index in [2.05, 4.69) is 44.1 Å². The van der Waals surface area contributed by atoms with Gasteiger partial charge in [-0.05, 0) is 50.5 Å². The number of aromatic nitrogens is 2. The van der Waals surface area contributed by atoms with Gasteiger partial charge in [-0.3, -0.25) is 0 Å². The lowest BCUT2D eigenvalue weighted by Gasteiger charge is -2.06. The summed E-state index contributed by atoms with van der Waals surface area (Å²) in [6.07, 6.45) is 0.906. The highest BCUT2D eigenvalue weighted by Crippen LogP contribution is 2.24. The fourth-order valence-corrected chi connectivity index (χ4v) is 2.34. The third kappa shape index (κ3) is 2.22. The average Bonchev–Trinajstić information content (AvgIpc) is 2.54. The zero-order valence-corrected chi connectivity index (χ0v) is 11.5. The van der Waals surface area contributed by atoms with Gasteiger partial charge >= 0.3 is 0 Å². The molecular formula is C14H17ClN2. The summed E-state index contributed by atoms with van der Waals surface area (Å²) in [6.45, 7) is 8.29. The zero-order valence-electron chi connectivity index (χ0n) is 10.7. The number of nitrogens with zero attached hydrogens (tertiary/aromatic N) is 2. The number of rotatable bonds is 2. The summed E-state index contributed by atoms with van der Waals surface area (Å²) in [4.78, 5) is 0. The first-order valence-electron chi connectivity index (χ1n) is 5.85. The van der Waals surface area contributed by atoms with Crippen LogP contribution in [0.1, 0.15) is 29.3 Å². The number of aryl methyl sites for hydroxylation is 3. The molecule has 0 atom stereocenters. The summed E-state index contributed by atoms with van der Waals surface area (Å²) < 4.78 is 1.83. The molecule has 0 N–H and O–H groups in total. The van der Waals surface area contributed by atoms with Gasteiger partial charge in [0.1, 0.15) is 5.15 Å². The minimum absolute atomic E-state index is 0.715. The van der Waals surface area contributed by atoms with Crippen molar-refractivity contribution in [3.8, 4) is 5.69 Å². The highest BCUT2D eigenvalue weighted by Gasteiger charge is 2.12. The van der Waals surface area contributed by atoms with Gasteiger partial charge in [0.05, 0.1) is 11.4 Å². The summed E-state index contributed by atoms with van der Waals surface area (Å²) >= 11 is 6.33. The largest absolute Gasteiger partial charge is 0.222 e. The molecule has 0 saturated carbocycles. The Kier molecular flexibility index (Phi) is 3.25. The topological polar surface area (TPSA) is 17.8 Å². The van der Waals surface area contributed by atoms with Crippen molar-refractivity contribution in [1.82, 2.24) is 9.78 Å². The fourth-order valence-electron chi connectivity index (χ4n) is 2.10. The van der Waals surface area contributed by atoms with E-state index in [0.29, 0.717) is 5.15 Å². The smallest absolute Gasteiger partial charge is 0.136 e. The number of hydrogen-bond donors (Lipinski definition) is 0. The van der Waals surface area contributed by atoms with Crippen molar-refractivity contribution in [2.45, 2.75) is 34.1 Å². The highest BCUT2D eigenvalue weighted by atomic mass is 35.5. The average molecular weight is 249 g/mol. The van der Waals surface area contributed by atoms with Gasteiger partial charge in [0.25, 0.3) is 0 Å². The van der Waals surface area contributed by atoms with Crippen molar-refractivity contribution >= 4 is 11.6 Å². The van der Waals surface area contributed by atoms with E-state index in [-0.39, 0.29) is 0 Å². The Bertz CT molecular complexity index is 535. The third-order valence-electron chi connectivity index (χ3n) is 2.93. The molecule has 0 aliphatic rings. The first-order chi connectivity index (χ1) is 8.02. The standard InChI is InChI=1S/C14H17ClN2/c1-5-13-11(4)14(15)17(16-13)12-7-9(2)6-10(3)8-12/h6-8H,5H2,1-4H3. The maximum absolute atomic E-state index is 6.33. The molecule has 0 saturated heterocycles. The van der Waals surface area contributed by atoms with Crippen LogP contribution in [0.15, 0.2) is 18.2 Å². The number of benzene rings is 1. The molecule has 0 radical (unpaired) electrons. The minimum atomic E-state index is 0.715. The number of halogens is 1. The molecule has 2 nitrogen and oxygen atoms in total. The summed E-state index contributed by atoms with van der Waals surface area (Å²) in [6, 6.07) is 6.35. The van der Waals surface area contributed by atoms with Crippen LogP contribution >= 0.6 is 11.6 Å². The monoisotopic (exact) mass is 248 g/mol. The van der Waals surface area contributed by atoms with E-state index in [1.807, 2.05) is 11.6 Å². The van der Waals surface area contributed by atoms with Crippen LogP contribution in [-0.2, 0) is 6.42 Å². The summed E-state index contributed by atoms with van der Waals surface area (Å²) in [7, 11) is 0. The van der Waals surface area contributed by atoms with Crippen molar-refractivity contribution in [1.29, 1.82) is 0 Å². The van der Waals surface area contributed by atoms with Crippen molar-refractivity contribution in [3.63, 3.8) is 0 Å². The van der Waals surface area contributed by atoms with Gasteiger partial charge in [-0.2, -0.15) is 5.10 Å². The minimum Gasteiger partial charge on any atom is -0.222 e. The molecule has 0 spiro atoms. The molecule has 2 aromatic rings. The lowest BCUT2D eigenvalue weighted by atomic mass is 10.1. The Morgan fingerprint density at radius 1 is 1.12 bits per heavy atom. The highest BCUT2D eigenvalue weighted by molar-refractivity contribution is 6.30. The van der Waals surface area contributed by atoms with Gasteiger partial charge in [-0.15, -0.1) is 0 Å². The van der Waals surface area contributed by atoms with E-state index in [0.717, 1.165) is 23.4 Å². The van der Waals surface area contributed by atoms with Crippen LogP contribution < -0.4 is 0 Å². The second-order valence-electron chi connectivity index (χ2n) is 4.47. The molecule has 0 aliphatic heterocycles. The van der Waals surface area contributed by atoms with Crippen LogP contribution in [0, 0.1) is 20.8 Å². The Labute approximate surface area is 107 Å². The van der Waals surface area contributed by atoms with Gasteiger partial charge < -0.3 is 0 Å². The molecule has 0 amide bonds. The van der Waals surface area contributed by atoms with E-state index < -0.39 is 0 Å². The first-order valence-corrected chi connectivity index (χ1v) is 6.23. The van der Waals surface area contributed by atoms with E-state index in [1.165, 1.54) is 11.1 Å². The maximum atomic E-state index is 6.33. The van der Waals surface area contributed by atoms with Crippen LogP contribution in [0.25, 0.3) is 5.69 Å². The summed E-state index contributed by atoms with van der Waals surface area (Å²) in [5, 5.41) is 5.28. The van der Waals surface area contributed by atoms with Crippen molar-refractivity contribution in [2.75, 3.05) is 0 Å². The lowest BCUT2D eigenvalue weighted by molar-refractivity contribution is 0.840. The molecule has 3 heteroatoms. The predicted molar refractivity (Wildman–Crippen MR) is 72.2 cm³/mol. The van der Waals surface area contributed by atoms with Gasteiger partial charge in [0, 0.05) is 5.56 Å². The van der Waals surface area contributed by atoms with E-state index in [9.17, 15) is 0 Å². The molecule has 0 aliphatic carbocycles. The molecule has 1 aromatic heterocycles. The Balaban J connectivity index is 2.60. The first kappa shape index (κ1) is 12.2. The summed E-state index contributed by atoms with van der Waals surface area (Å²) in [5.41, 5.74) is 5.63. The zero-order chi connectivity index (χ0) is 12.6. The van der Waals surface area contributed by atoms with Crippen LogP contribution in [0.5, 0.6) is 0 Å². The van der Waals surface area contributed by atoms with E-state index in [4.69, 9.17) is 11.6 Å². The van der Waals surface area contributed by atoms with Crippen molar-refractivity contribution in [2.24, 2.45) is 0 Å². The summed E-state index contributed by atoms with van der Waals surface area (Å²) in [5.74, 6) is 0. The van der Waals surface area contributed by atoms with E-state index >= 15 is 0 Å². The normalized spacial score (nSPS) is 10.9. The maximum Gasteiger partial charge on any atom is 0.136 e. The molecule has 2 rings (SSSR count). The quantitative estimate of drug-likeness (QED) is 0.785. The molecule has 1 aromatic carbocycles. The molecule has 0 unspecified atom stereocenters. The molecule has 17 heavy (non-hydrogen) atoms. The van der Waals surface area contributed by atoms with Crippen molar-refractivity contribution < 1.29 is 0 Å². The number of hydrogen-bond acceptors (Lipinski definition) is 1. The predicted octanol–water partition coefficient (Wildman–Crippen LogP) is 4.01. The molecule has 1 heterocycles. The third-order valence-corrected chi connectivity index (χ3v) is 3.38. The fraction of sp³-hybridized carbons (Fsp3) is 0.357. The second kappa shape index (κ2) is 4.53. The molecule has 0 bridgehead atoms. The molecule has 0 fully saturated rings. The van der Waals surface area contributed by atoms with Crippen LogP contribution in [-0.4, -0.2) is 9.78 Å². The van der Waals surface area contributed by atoms with E-state index in [1.54, 1.807) is 0 Å². The van der Waals surface area contributed by atoms with Gasteiger partial charge in [0.15, 0.2) is 0 Å². The van der Waals surface area contributed by atoms with Gasteiger partial charge in [-0.25, -0.2) is 4.68 Å². The Morgan fingerprint density at radius 2 is 1.71 bits per heavy atom. The van der Waals surface area contributed by atoms with Gasteiger partial charge in [-0.1, -0.05) is 24.6 Å². The van der Waals surface area contributed by atoms with Crippen molar-refractivity contribution in [3.05, 3.63) is 45.7 Å². The molecular weight excluding hydrogens is 232 g/mol. The van der Waals surface area contributed by atoms with Crippen LogP contribution in [0.3, 0.4) is 0 Å². The lowest BCUT2D eigenvalue weighted by Crippen LogP contribution is -1.98. The van der Waals surface area contributed by atoms with Crippen LogP contribution in [0.2, 0.25) is 5.15 Å². The molecule has 90 valence electrons. The Hall–Kier alpha value is -1.28. The SMILES string of the molecule is CCc1nn(-c2cc(C)cc(C)c2)c(Cl)c1C. The second-order valence-corrected chi connectivity index (χ2v) is 4.83. The van der Waals surface area contributed by atoms with Crippen LogP contribution in [0.4, 0.5) is 0 Å². The van der Waals surface area contributed by atoms with Gasteiger partial charge in [0.2, 0.25) is 0 Å².